The van der Waals surface area contributed by atoms with E-state index in [0.29, 0.717) is 47.2 Å². The molecule has 1 aromatic heterocycles. The number of ether oxygens (including phenoxy) is 2. The summed E-state index contributed by atoms with van der Waals surface area (Å²) in [6.07, 6.45) is 9.74. The minimum atomic E-state index is -0.636. The third kappa shape index (κ3) is 9.78. The highest BCUT2D eigenvalue weighted by molar-refractivity contribution is 7.98. The number of hydrogen-bond acceptors (Lipinski definition) is 12. The van der Waals surface area contributed by atoms with Gasteiger partial charge in [0.25, 0.3) is 0 Å². The predicted octanol–water partition coefficient (Wildman–Crippen LogP) is 8.07. The molecule has 15 heteroatoms. The number of anilines is 2. The lowest BCUT2D eigenvalue weighted by atomic mass is 9.79. The molecule has 3 aliphatic rings. The summed E-state index contributed by atoms with van der Waals surface area (Å²) in [6.45, 7) is 5.24. The topological polar surface area (TPSA) is 145 Å². The first-order valence-corrected chi connectivity index (χ1v) is 21.3. The molecular formula is C44H52F2N8O4S. The van der Waals surface area contributed by atoms with E-state index in [1.807, 2.05) is 36.6 Å². The van der Waals surface area contributed by atoms with Crippen LogP contribution in [-0.2, 0) is 14.3 Å². The number of rotatable bonds is 15. The molecule has 1 saturated carbocycles. The molecule has 0 radical (unpaired) electrons. The number of carbonyl (C=O) groups excluding carboxylic acids is 2. The molecule has 12 nitrogen and oxygen atoms in total. The maximum absolute atomic E-state index is 15.4. The molecule has 59 heavy (non-hydrogen) atoms. The second kappa shape index (κ2) is 19.0. The second-order valence-corrected chi connectivity index (χ2v) is 16.8. The number of hydrogen-bond donors (Lipinski definition) is 3. The summed E-state index contributed by atoms with van der Waals surface area (Å²) in [5, 5.41) is 15.6. The van der Waals surface area contributed by atoms with Crippen LogP contribution in [0, 0.1) is 23.0 Å². The van der Waals surface area contributed by atoms with Gasteiger partial charge in [-0.3, -0.25) is 9.78 Å². The zero-order chi connectivity index (χ0) is 41.5. The fraction of sp³-hybridized carbons (Fsp3) is 0.477. The number of nitrogens with zero attached hydrogens (tertiary/aromatic N) is 5. The number of nitriles is 1. The average Bonchev–Trinajstić information content (AvgIpc) is 3.68. The summed E-state index contributed by atoms with van der Waals surface area (Å²) >= 11 is 1.31. The lowest BCUT2D eigenvalue weighted by Gasteiger charge is -2.44. The largest absolute Gasteiger partial charge is 0.453 e. The van der Waals surface area contributed by atoms with Gasteiger partial charge in [0.2, 0.25) is 5.91 Å². The van der Waals surface area contributed by atoms with Crippen molar-refractivity contribution in [3.63, 3.8) is 0 Å². The highest BCUT2D eigenvalue weighted by Crippen LogP contribution is 2.45. The van der Waals surface area contributed by atoms with Crippen LogP contribution >= 0.6 is 12.1 Å². The SMILES string of the molecule is CCN(C)SNc1ccc(F)c(Oc2ccc3ncc(C4COC5(CCN(C6CCC(c7ccc(NC(CCC=O)C(=O)NC)cc7F)CC6)CC5)C4)nc3c2)c1C#N. The molecule has 3 N–H and O–H groups in total. The molecule has 3 heterocycles. The summed E-state index contributed by atoms with van der Waals surface area (Å²) in [7, 11) is 3.45. The van der Waals surface area contributed by atoms with Crippen LogP contribution in [0.4, 0.5) is 20.2 Å². The number of halogens is 2. The van der Waals surface area contributed by atoms with Gasteiger partial charge < -0.3 is 34.5 Å². The van der Waals surface area contributed by atoms with Crippen molar-refractivity contribution < 1.29 is 27.8 Å². The molecule has 7 rings (SSSR count). The van der Waals surface area contributed by atoms with Crippen molar-refractivity contribution in [3.8, 4) is 17.6 Å². The summed E-state index contributed by atoms with van der Waals surface area (Å²) in [4.78, 5) is 35.4. The van der Waals surface area contributed by atoms with E-state index in [1.54, 1.807) is 25.2 Å². The van der Waals surface area contributed by atoms with Crippen LogP contribution in [0.15, 0.2) is 54.7 Å². The molecular weight excluding hydrogens is 775 g/mol. The van der Waals surface area contributed by atoms with Crippen molar-refractivity contribution in [3.05, 3.63) is 83.2 Å². The number of fused-ring (bicyclic) bond motifs is 1. The van der Waals surface area contributed by atoms with E-state index in [1.165, 1.54) is 30.3 Å². The average molecular weight is 827 g/mol. The molecule has 312 valence electrons. The molecule has 2 saturated heterocycles. The lowest BCUT2D eigenvalue weighted by Crippen LogP contribution is -2.48. The molecule has 3 fully saturated rings. The number of likely N-dealkylation sites (tertiary alicyclic amines) is 1. The quantitative estimate of drug-likeness (QED) is 0.0788. The molecule has 2 unspecified atom stereocenters. The Morgan fingerprint density at radius 2 is 1.90 bits per heavy atom. The number of piperidine rings is 1. The van der Waals surface area contributed by atoms with Crippen molar-refractivity contribution in [2.75, 3.05) is 50.4 Å². The Labute approximate surface area is 348 Å². The second-order valence-electron chi connectivity index (χ2n) is 15.8. The number of benzene rings is 3. The zero-order valence-electron chi connectivity index (χ0n) is 33.8. The van der Waals surface area contributed by atoms with Gasteiger partial charge in [0.15, 0.2) is 11.6 Å². The van der Waals surface area contributed by atoms with E-state index in [2.05, 4.69) is 31.3 Å². The number of carbonyl (C=O) groups is 2. The van der Waals surface area contributed by atoms with Gasteiger partial charge in [-0.1, -0.05) is 13.0 Å². The lowest BCUT2D eigenvalue weighted by molar-refractivity contribution is -0.121. The maximum Gasteiger partial charge on any atom is 0.242 e. The Bertz CT molecular complexity index is 2170. The van der Waals surface area contributed by atoms with Gasteiger partial charge in [-0.2, -0.15) is 5.26 Å². The van der Waals surface area contributed by atoms with Gasteiger partial charge in [-0.25, -0.2) is 18.1 Å². The first kappa shape index (κ1) is 42.3. The monoisotopic (exact) mass is 826 g/mol. The summed E-state index contributed by atoms with van der Waals surface area (Å²) in [6, 6.07) is 15.1. The minimum Gasteiger partial charge on any atom is -0.453 e. The normalized spacial score (nSPS) is 20.9. The van der Waals surface area contributed by atoms with Crippen molar-refractivity contribution >= 4 is 46.7 Å². The van der Waals surface area contributed by atoms with Crippen molar-refractivity contribution in [1.82, 2.24) is 24.5 Å². The molecule has 3 aromatic carbocycles. The van der Waals surface area contributed by atoms with Crippen LogP contribution < -0.4 is 20.1 Å². The number of amides is 1. The van der Waals surface area contributed by atoms with Crippen molar-refractivity contribution in [2.24, 2.45) is 0 Å². The van der Waals surface area contributed by atoms with Crippen LogP contribution in [0.2, 0.25) is 0 Å². The van der Waals surface area contributed by atoms with Gasteiger partial charge in [0, 0.05) is 75.1 Å². The number of aldehydes is 1. The van der Waals surface area contributed by atoms with E-state index in [4.69, 9.17) is 14.5 Å². The van der Waals surface area contributed by atoms with Gasteiger partial charge in [-0.05, 0) is 106 Å². The van der Waals surface area contributed by atoms with E-state index in [9.17, 15) is 14.9 Å². The van der Waals surface area contributed by atoms with Gasteiger partial charge in [-0.15, -0.1) is 0 Å². The third-order valence-electron chi connectivity index (χ3n) is 12.2. The Morgan fingerprint density at radius 3 is 2.61 bits per heavy atom. The van der Waals surface area contributed by atoms with E-state index < -0.39 is 11.9 Å². The van der Waals surface area contributed by atoms with E-state index >= 15 is 8.78 Å². The third-order valence-corrected chi connectivity index (χ3v) is 13.1. The Balaban J connectivity index is 0.927. The highest BCUT2D eigenvalue weighted by Gasteiger charge is 2.45. The van der Waals surface area contributed by atoms with Crippen LogP contribution in [0.25, 0.3) is 11.0 Å². The first-order chi connectivity index (χ1) is 28.6. The molecule has 2 atom stereocenters. The molecule has 1 spiro atoms. The molecule has 1 amide bonds. The molecule has 1 aliphatic carbocycles. The van der Waals surface area contributed by atoms with Crippen molar-refractivity contribution in [1.29, 1.82) is 5.26 Å². The predicted molar refractivity (Wildman–Crippen MR) is 225 cm³/mol. The number of aromatic nitrogens is 2. The summed E-state index contributed by atoms with van der Waals surface area (Å²) in [5.41, 5.74) is 3.71. The van der Waals surface area contributed by atoms with Crippen molar-refractivity contribution in [2.45, 2.75) is 94.2 Å². The maximum atomic E-state index is 15.4. The fourth-order valence-electron chi connectivity index (χ4n) is 8.69. The van der Waals surface area contributed by atoms with Crippen LogP contribution in [-0.4, -0.2) is 89.4 Å². The Hall–Kier alpha value is -4.88. The smallest absolute Gasteiger partial charge is 0.242 e. The Kier molecular flexibility index (Phi) is 13.6. The molecule has 2 aliphatic heterocycles. The number of nitrogens with one attached hydrogen (secondary N) is 3. The van der Waals surface area contributed by atoms with Crippen LogP contribution in [0.1, 0.15) is 93.4 Å². The molecule has 0 bridgehead atoms. The highest BCUT2D eigenvalue weighted by atomic mass is 32.2. The summed E-state index contributed by atoms with van der Waals surface area (Å²) < 4.78 is 48.1. The van der Waals surface area contributed by atoms with Gasteiger partial charge in [0.1, 0.15) is 35.5 Å². The van der Waals surface area contributed by atoms with Crippen LogP contribution in [0.5, 0.6) is 11.5 Å². The fourth-order valence-corrected chi connectivity index (χ4v) is 9.24. The number of likely N-dealkylation sites (N-methyl/N-ethyl adjacent to an activating group) is 1. The molecule has 4 aromatic rings. The van der Waals surface area contributed by atoms with E-state index in [0.717, 1.165) is 82.1 Å². The van der Waals surface area contributed by atoms with Gasteiger partial charge >= 0.3 is 0 Å². The minimum absolute atomic E-state index is 0.0728. The van der Waals surface area contributed by atoms with E-state index in [-0.39, 0.29) is 46.9 Å². The first-order valence-electron chi connectivity index (χ1n) is 20.5. The van der Waals surface area contributed by atoms with Crippen LogP contribution in [0.3, 0.4) is 0 Å². The zero-order valence-corrected chi connectivity index (χ0v) is 34.6. The standard InChI is InChI=1S/C44H52F2N8O4S/c1-4-53(3)59-52-37-16-14-35(45)42(34(37)25-47)58-32-12-15-38-40(23-32)51-41(26-49-38)29-24-44(57-27-29)17-19-54(20-18-44)31-10-7-28(8-11-31)33-13-9-30(22-36(33)46)50-39(6-5-21-55)43(56)48-2/h9,12-16,21-23,26,28-29,31,39,50,52H,4-8,10-11,17-20,24,27H2,1-3H3,(H,48,56). The Morgan fingerprint density at radius 1 is 1.10 bits per heavy atom. The van der Waals surface area contributed by atoms with Gasteiger partial charge in [0.05, 0.1) is 34.6 Å². The summed E-state index contributed by atoms with van der Waals surface area (Å²) in [5.74, 6) is -0.706.